The Kier molecular flexibility index (Phi) is 13.6. The van der Waals surface area contributed by atoms with E-state index >= 15 is 0 Å². The highest BCUT2D eigenvalue weighted by molar-refractivity contribution is 7.98. The standard InChI is InChI=1S/C18H28O3S.C10H11N3O5S/c1-3-4-5-6-7-8-11-22(19)15(2)12-16-9-10-17-18(13-16)21-14-20-17;1-19-6-8-5-12(10(14)18-8)11-4-7-2-3-9(17-7)13(15)16/h9-10,13,15H,3-8,11-12,14H2,1-2H3;2-4,8H,5-6H2,1H3/b;11-4+. The summed E-state index contributed by atoms with van der Waals surface area (Å²) in [7, 11) is 0. The zero-order valence-electron chi connectivity index (χ0n) is 23.8. The van der Waals surface area contributed by atoms with Crippen molar-refractivity contribution in [3.05, 3.63) is 51.8 Å². The number of carbonyl (C=O) groups is 1. The Morgan fingerprint density at radius 2 is 1.93 bits per heavy atom. The van der Waals surface area contributed by atoms with Gasteiger partial charge >= 0.3 is 12.0 Å². The van der Waals surface area contributed by atoms with Crippen LogP contribution in [0.1, 0.15) is 63.7 Å². The number of nitrogens with zero attached hydrogens (tertiary/aromatic N) is 3. The molecular formula is C28H39N3O8S2. The third kappa shape index (κ3) is 10.8. The topological polar surface area (TPSA) is 140 Å². The molecule has 3 atom stereocenters. The zero-order valence-corrected chi connectivity index (χ0v) is 25.5. The summed E-state index contributed by atoms with van der Waals surface area (Å²) in [6.45, 7) is 4.97. The van der Waals surface area contributed by atoms with Crippen molar-refractivity contribution in [1.29, 1.82) is 0 Å². The number of ether oxygens (including phenoxy) is 3. The SMILES string of the molecule is CCCCCCCC[S+]([O-])C(C)Cc1ccc2c(c1)OCO2.CSCC1CN(/N=C/c2ccc([N+](=O)[O-])o2)C(=O)O1. The van der Waals surface area contributed by atoms with Crippen molar-refractivity contribution in [2.45, 2.75) is 70.1 Å². The number of cyclic esters (lactones) is 1. The minimum absolute atomic E-state index is 0.189. The number of amides is 1. The van der Waals surface area contributed by atoms with Crippen molar-refractivity contribution < 1.29 is 32.9 Å². The molecule has 0 spiro atoms. The van der Waals surface area contributed by atoms with E-state index in [0.29, 0.717) is 19.1 Å². The smallest absolute Gasteiger partial charge is 0.433 e. The molecule has 3 heterocycles. The molecule has 2 aliphatic rings. The molecule has 0 bridgehead atoms. The Hall–Kier alpha value is -2.90. The fourth-order valence-electron chi connectivity index (χ4n) is 4.23. The fraction of sp³-hybridized carbons (Fsp3) is 0.571. The molecule has 11 nitrogen and oxygen atoms in total. The van der Waals surface area contributed by atoms with Gasteiger partial charge in [-0.05, 0) is 49.8 Å². The van der Waals surface area contributed by atoms with Crippen LogP contribution in [0.5, 0.6) is 11.5 Å². The number of carbonyl (C=O) groups excluding carboxylic acids is 1. The molecule has 4 rings (SSSR count). The molecule has 13 heteroatoms. The van der Waals surface area contributed by atoms with Crippen molar-refractivity contribution in [3.8, 4) is 11.5 Å². The molecule has 1 aromatic heterocycles. The molecule has 2 aromatic rings. The number of furan rings is 1. The number of rotatable bonds is 15. The lowest BCUT2D eigenvalue weighted by molar-refractivity contribution is -0.402. The molecule has 41 heavy (non-hydrogen) atoms. The van der Waals surface area contributed by atoms with E-state index in [-0.39, 0.29) is 23.0 Å². The molecular weight excluding hydrogens is 570 g/mol. The number of hydrazone groups is 1. The Labute approximate surface area is 248 Å². The van der Waals surface area contributed by atoms with Gasteiger partial charge in [-0.2, -0.15) is 21.9 Å². The van der Waals surface area contributed by atoms with Crippen LogP contribution in [-0.2, 0) is 22.3 Å². The summed E-state index contributed by atoms with van der Waals surface area (Å²) in [5.41, 5.74) is 1.17. The van der Waals surface area contributed by atoms with Gasteiger partial charge in [0.25, 0.3) is 0 Å². The maximum atomic E-state index is 12.3. The zero-order chi connectivity index (χ0) is 29.6. The van der Waals surface area contributed by atoms with Gasteiger partial charge in [0.15, 0.2) is 17.3 Å². The lowest BCUT2D eigenvalue weighted by atomic mass is 10.1. The highest BCUT2D eigenvalue weighted by Gasteiger charge is 2.30. The van der Waals surface area contributed by atoms with Crippen molar-refractivity contribution in [3.63, 3.8) is 0 Å². The van der Waals surface area contributed by atoms with Crippen LogP contribution < -0.4 is 9.47 Å². The van der Waals surface area contributed by atoms with Crippen LogP contribution in [0, 0.1) is 10.1 Å². The number of hydrogen-bond acceptors (Lipinski definition) is 10. The maximum Gasteiger partial charge on any atom is 0.433 e. The number of thioether (sulfide) groups is 1. The van der Waals surface area contributed by atoms with E-state index in [1.54, 1.807) is 11.8 Å². The molecule has 0 N–H and O–H groups in total. The van der Waals surface area contributed by atoms with Crippen molar-refractivity contribution in [2.24, 2.45) is 5.10 Å². The molecule has 1 fully saturated rings. The van der Waals surface area contributed by atoms with Gasteiger partial charge in [-0.1, -0.05) is 49.8 Å². The van der Waals surface area contributed by atoms with E-state index in [4.69, 9.17) is 18.6 Å². The molecule has 1 aromatic carbocycles. The molecule has 1 amide bonds. The van der Waals surface area contributed by atoms with Gasteiger partial charge in [0.1, 0.15) is 22.0 Å². The van der Waals surface area contributed by atoms with Crippen LogP contribution in [0.15, 0.2) is 39.9 Å². The Morgan fingerprint density at radius 1 is 1.17 bits per heavy atom. The first-order valence-corrected chi connectivity index (χ1v) is 16.6. The third-order valence-corrected chi connectivity index (χ3v) is 8.89. The highest BCUT2D eigenvalue weighted by atomic mass is 32.2. The molecule has 2 aliphatic heterocycles. The van der Waals surface area contributed by atoms with Crippen LogP contribution in [0.2, 0.25) is 0 Å². The normalized spacial score (nSPS) is 17.3. The van der Waals surface area contributed by atoms with Gasteiger partial charge in [-0.25, -0.2) is 4.79 Å². The molecule has 1 saturated heterocycles. The van der Waals surface area contributed by atoms with E-state index in [9.17, 15) is 19.5 Å². The van der Waals surface area contributed by atoms with Gasteiger partial charge < -0.3 is 23.2 Å². The Bertz CT molecular complexity index is 1150. The van der Waals surface area contributed by atoms with Gasteiger partial charge in [-0.3, -0.25) is 10.1 Å². The lowest BCUT2D eigenvalue weighted by Crippen LogP contribution is -2.23. The summed E-state index contributed by atoms with van der Waals surface area (Å²) in [5, 5.41) is 15.7. The van der Waals surface area contributed by atoms with E-state index in [2.05, 4.69) is 18.9 Å². The van der Waals surface area contributed by atoms with Crippen LogP contribution in [0.4, 0.5) is 10.7 Å². The van der Waals surface area contributed by atoms with Crippen molar-refractivity contribution >= 4 is 41.1 Å². The van der Waals surface area contributed by atoms with Crippen LogP contribution in [0.25, 0.3) is 0 Å². The summed E-state index contributed by atoms with van der Waals surface area (Å²) < 4.78 is 33.0. The molecule has 0 aliphatic carbocycles. The number of benzene rings is 1. The highest BCUT2D eigenvalue weighted by Crippen LogP contribution is 2.33. The maximum absolute atomic E-state index is 12.3. The summed E-state index contributed by atoms with van der Waals surface area (Å²) in [5.74, 6) is 2.98. The number of hydrogen-bond donors (Lipinski definition) is 0. The van der Waals surface area contributed by atoms with Gasteiger partial charge in [0, 0.05) is 12.2 Å². The first-order chi connectivity index (χ1) is 19.8. The minimum atomic E-state index is -0.743. The first kappa shape index (κ1) is 32.6. The monoisotopic (exact) mass is 609 g/mol. The predicted octanol–water partition coefficient (Wildman–Crippen LogP) is 6.16. The number of unbranched alkanes of at least 4 members (excludes halogenated alkanes) is 5. The van der Waals surface area contributed by atoms with Crippen LogP contribution in [-0.4, -0.2) is 69.2 Å². The quantitative estimate of drug-likeness (QED) is 0.0763. The molecule has 0 saturated carbocycles. The van der Waals surface area contributed by atoms with Crippen LogP contribution >= 0.6 is 11.8 Å². The van der Waals surface area contributed by atoms with E-state index in [1.807, 2.05) is 24.5 Å². The molecule has 3 unspecified atom stereocenters. The van der Waals surface area contributed by atoms with E-state index < -0.39 is 22.2 Å². The van der Waals surface area contributed by atoms with Gasteiger partial charge in [-0.15, -0.1) is 0 Å². The Balaban J connectivity index is 0.000000228. The minimum Gasteiger partial charge on any atom is -0.616 e. The molecule has 226 valence electrons. The van der Waals surface area contributed by atoms with E-state index in [1.165, 1.54) is 56.0 Å². The van der Waals surface area contributed by atoms with Gasteiger partial charge in [0.05, 0.1) is 18.8 Å². The number of fused-ring (bicyclic) bond motifs is 1. The second-order valence-corrected chi connectivity index (χ2v) is 12.7. The summed E-state index contributed by atoms with van der Waals surface area (Å²) >= 11 is 0.832. The first-order valence-electron chi connectivity index (χ1n) is 13.8. The summed E-state index contributed by atoms with van der Waals surface area (Å²) in [6, 6.07) is 8.64. The average Bonchev–Trinajstić information content (AvgIpc) is 3.70. The molecule has 0 radical (unpaired) electrons. The predicted molar refractivity (Wildman–Crippen MR) is 160 cm³/mol. The second kappa shape index (κ2) is 17.1. The summed E-state index contributed by atoms with van der Waals surface area (Å²) in [4.78, 5) is 21.2. The van der Waals surface area contributed by atoms with E-state index in [0.717, 1.165) is 35.1 Å². The number of nitro groups is 1. The third-order valence-electron chi connectivity index (χ3n) is 6.43. The van der Waals surface area contributed by atoms with Crippen LogP contribution in [0.3, 0.4) is 0 Å². The van der Waals surface area contributed by atoms with Gasteiger partial charge in [0.2, 0.25) is 6.79 Å². The second-order valence-electron chi connectivity index (χ2n) is 9.78. The Morgan fingerprint density at radius 3 is 2.66 bits per heavy atom. The van der Waals surface area contributed by atoms with Crippen molar-refractivity contribution in [2.75, 3.05) is 31.1 Å². The van der Waals surface area contributed by atoms with Crippen molar-refractivity contribution in [1.82, 2.24) is 5.01 Å². The fourth-order valence-corrected chi connectivity index (χ4v) is 6.04. The average molecular weight is 610 g/mol. The lowest BCUT2D eigenvalue weighted by Gasteiger charge is -2.18. The largest absolute Gasteiger partial charge is 0.616 e. The summed E-state index contributed by atoms with van der Waals surface area (Å²) in [6.07, 6.45) is 10.8.